The van der Waals surface area contributed by atoms with Gasteiger partial charge in [-0.25, -0.2) is 4.98 Å². The highest BCUT2D eigenvalue weighted by Crippen LogP contribution is 2.37. The number of hydrogen-bond donors (Lipinski definition) is 2. The van der Waals surface area contributed by atoms with Gasteiger partial charge in [0.2, 0.25) is 0 Å². The van der Waals surface area contributed by atoms with Crippen LogP contribution in [0.3, 0.4) is 0 Å². The van der Waals surface area contributed by atoms with Crippen LogP contribution in [0.25, 0.3) is 0 Å². The van der Waals surface area contributed by atoms with Gasteiger partial charge >= 0.3 is 6.18 Å². The molecule has 19 heavy (non-hydrogen) atoms. The van der Waals surface area contributed by atoms with Gasteiger partial charge in [0, 0.05) is 12.7 Å². The van der Waals surface area contributed by atoms with E-state index in [4.69, 9.17) is 5.73 Å². The average Bonchev–Trinajstić information content (AvgIpc) is 2.85. The van der Waals surface area contributed by atoms with Gasteiger partial charge in [-0.2, -0.15) is 13.2 Å². The second-order valence-electron chi connectivity index (χ2n) is 5.19. The van der Waals surface area contributed by atoms with Crippen molar-refractivity contribution in [2.75, 3.05) is 18.4 Å². The van der Waals surface area contributed by atoms with Crippen LogP contribution in [0.1, 0.15) is 31.2 Å². The van der Waals surface area contributed by atoms with E-state index < -0.39 is 11.7 Å². The third-order valence-electron chi connectivity index (χ3n) is 3.83. The first-order valence-electron chi connectivity index (χ1n) is 6.42. The van der Waals surface area contributed by atoms with Crippen molar-refractivity contribution in [2.45, 2.75) is 31.9 Å². The molecule has 2 rings (SSSR count). The summed E-state index contributed by atoms with van der Waals surface area (Å²) in [6.07, 6.45) is 0.981. The smallest absolute Gasteiger partial charge is 0.369 e. The van der Waals surface area contributed by atoms with Gasteiger partial charge in [-0.15, -0.1) is 0 Å². The van der Waals surface area contributed by atoms with Crippen molar-refractivity contribution in [3.05, 3.63) is 23.9 Å². The molecule has 3 N–H and O–H groups in total. The molecule has 6 heteroatoms. The van der Waals surface area contributed by atoms with E-state index in [9.17, 15) is 13.2 Å². The van der Waals surface area contributed by atoms with Crippen LogP contribution in [0.4, 0.5) is 19.0 Å². The van der Waals surface area contributed by atoms with Crippen molar-refractivity contribution in [1.29, 1.82) is 0 Å². The van der Waals surface area contributed by atoms with Gasteiger partial charge in [-0.3, -0.25) is 0 Å². The molecule has 0 aliphatic heterocycles. The summed E-state index contributed by atoms with van der Waals surface area (Å²) in [7, 11) is 0. The van der Waals surface area contributed by atoms with Gasteiger partial charge in [-0.1, -0.05) is 12.8 Å². The molecule has 1 aliphatic rings. The number of aromatic nitrogens is 1. The van der Waals surface area contributed by atoms with E-state index in [1.54, 1.807) is 0 Å². The van der Waals surface area contributed by atoms with Crippen LogP contribution < -0.4 is 11.1 Å². The van der Waals surface area contributed by atoms with E-state index in [-0.39, 0.29) is 5.41 Å². The summed E-state index contributed by atoms with van der Waals surface area (Å²) in [5, 5.41) is 3.10. The Balaban J connectivity index is 1.96. The van der Waals surface area contributed by atoms with Crippen LogP contribution in [0, 0.1) is 5.41 Å². The van der Waals surface area contributed by atoms with Crippen molar-refractivity contribution in [3.63, 3.8) is 0 Å². The Labute approximate surface area is 110 Å². The average molecular weight is 273 g/mol. The minimum absolute atomic E-state index is 0.0738. The van der Waals surface area contributed by atoms with Crippen molar-refractivity contribution in [3.8, 4) is 0 Å². The number of nitrogens with two attached hydrogens (primary N) is 1. The molecule has 3 nitrogen and oxygen atoms in total. The van der Waals surface area contributed by atoms with Crippen LogP contribution in [0.2, 0.25) is 0 Å². The molecule has 0 spiro atoms. The van der Waals surface area contributed by atoms with Gasteiger partial charge in [0.15, 0.2) is 0 Å². The number of rotatable bonds is 4. The maximum Gasteiger partial charge on any atom is 0.417 e. The van der Waals surface area contributed by atoms with E-state index in [0.717, 1.165) is 25.1 Å². The number of alkyl halides is 3. The fourth-order valence-electron chi connectivity index (χ4n) is 2.52. The second-order valence-corrected chi connectivity index (χ2v) is 5.19. The van der Waals surface area contributed by atoms with Crippen molar-refractivity contribution in [1.82, 2.24) is 4.98 Å². The number of nitrogens with one attached hydrogen (secondary N) is 1. The molecule has 1 saturated carbocycles. The summed E-state index contributed by atoms with van der Waals surface area (Å²) in [5.74, 6) is 0.465. The van der Waals surface area contributed by atoms with Crippen molar-refractivity contribution in [2.24, 2.45) is 11.1 Å². The third kappa shape index (κ3) is 3.37. The Morgan fingerprint density at radius 3 is 2.42 bits per heavy atom. The summed E-state index contributed by atoms with van der Waals surface area (Å²) in [5.41, 5.74) is 5.15. The van der Waals surface area contributed by atoms with Crippen molar-refractivity contribution < 1.29 is 13.2 Å². The predicted octanol–water partition coefficient (Wildman–Crippen LogP) is 3.03. The molecule has 0 bridgehead atoms. The highest BCUT2D eigenvalue weighted by Gasteiger charge is 2.33. The predicted molar refractivity (Wildman–Crippen MR) is 67.7 cm³/mol. The zero-order chi connectivity index (χ0) is 13.9. The molecule has 1 heterocycles. The normalized spacial score (nSPS) is 18.5. The van der Waals surface area contributed by atoms with Crippen molar-refractivity contribution >= 4 is 5.82 Å². The first-order chi connectivity index (χ1) is 8.95. The van der Waals surface area contributed by atoms with Gasteiger partial charge in [0.1, 0.15) is 5.82 Å². The van der Waals surface area contributed by atoms with Gasteiger partial charge in [0.05, 0.1) is 5.56 Å². The largest absolute Gasteiger partial charge is 0.417 e. The molecule has 0 unspecified atom stereocenters. The first-order valence-corrected chi connectivity index (χ1v) is 6.42. The molecule has 0 aromatic carbocycles. The fourth-order valence-corrected chi connectivity index (χ4v) is 2.52. The van der Waals surface area contributed by atoms with Crippen LogP contribution in [0.15, 0.2) is 18.3 Å². The molecule has 106 valence electrons. The maximum absolute atomic E-state index is 12.4. The maximum atomic E-state index is 12.4. The van der Waals surface area contributed by atoms with E-state index in [2.05, 4.69) is 10.3 Å². The minimum atomic E-state index is -4.34. The Hall–Kier alpha value is -1.30. The lowest BCUT2D eigenvalue weighted by atomic mass is 9.86. The van der Waals surface area contributed by atoms with Crippen LogP contribution in [-0.4, -0.2) is 18.1 Å². The highest BCUT2D eigenvalue weighted by atomic mass is 19.4. The lowest BCUT2D eigenvalue weighted by molar-refractivity contribution is -0.137. The van der Waals surface area contributed by atoms with E-state index >= 15 is 0 Å². The van der Waals surface area contributed by atoms with E-state index in [1.165, 1.54) is 18.9 Å². The summed E-state index contributed by atoms with van der Waals surface area (Å²) >= 11 is 0. The molecular formula is C13H18F3N3. The zero-order valence-corrected chi connectivity index (χ0v) is 10.6. The number of nitrogens with zero attached hydrogens (tertiary/aromatic N) is 1. The quantitative estimate of drug-likeness (QED) is 0.886. The molecule has 0 atom stereocenters. The zero-order valence-electron chi connectivity index (χ0n) is 10.6. The van der Waals surface area contributed by atoms with E-state index in [0.29, 0.717) is 18.9 Å². The molecular weight excluding hydrogens is 255 g/mol. The van der Waals surface area contributed by atoms with Gasteiger partial charge < -0.3 is 11.1 Å². The number of hydrogen-bond acceptors (Lipinski definition) is 3. The van der Waals surface area contributed by atoms with Gasteiger partial charge in [0.25, 0.3) is 0 Å². The third-order valence-corrected chi connectivity index (χ3v) is 3.83. The molecule has 0 saturated heterocycles. The SMILES string of the molecule is NCC1(CNc2ccc(C(F)(F)F)cn2)CCCC1. The Morgan fingerprint density at radius 1 is 1.26 bits per heavy atom. The Bertz CT molecular complexity index is 408. The van der Waals surface area contributed by atoms with Gasteiger partial charge in [-0.05, 0) is 36.9 Å². The number of halogens is 3. The molecule has 1 aromatic rings. The number of pyridine rings is 1. The summed E-state index contributed by atoms with van der Waals surface area (Å²) in [6.45, 7) is 1.27. The number of anilines is 1. The molecule has 0 amide bonds. The minimum Gasteiger partial charge on any atom is -0.369 e. The lowest BCUT2D eigenvalue weighted by Gasteiger charge is -2.27. The topological polar surface area (TPSA) is 50.9 Å². The molecule has 1 aromatic heterocycles. The summed E-state index contributed by atoms with van der Waals surface area (Å²) < 4.78 is 37.2. The first kappa shape index (κ1) is 14.1. The molecule has 0 radical (unpaired) electrons. The standard InChI is InChI=1S/C13H18F3N3/c14-13(15,16)10-3-4-11(18-7-10)19-9-12(8-17)5-1-2-6-12/h3-4,7H,1-2,5-6,8-9,17H2,(H,18,19). The van der Waals surface area contributed by atoms with E-state index in [1.807, 2.05) is 0 Å². The Morgan fingerprint density at radius 2 is 1.95 bits per heavy atom. The van der Waals surface area contributed by atoms with Crippen LogP contribution in [-0.2, 0) is 6.18 Å². The molecule has 1 fully saturated rings. The molecule has 1 aliphatic carbocycles. The fraction of sp³-hybridized carbons (Fsp3) is 0.615. The Kier molecular flexibility index (Phi) is 3.99. The van der Waals surface area contributed by atoms with Crippen LogP contribution >= 0.6 is 0 Å². The lowest BCUT2D eigenvalue weighted by Crippen LogP contribution is -2.34. The van der Waals surface area contributed by atoms with Crippen LogP contribution in [0.5, 0.6) is 0 Å². The second kappa shape index (κ2) is 5.36. The monoisotopic (exact) mass is 273 g/mol. The summed E-state index contributed by atoms with van der Waals surface area (Å²) in [4.78, 5) is 3.80. The summed E-state index contributed by atoms with van der Waals surface area (Å²) in [6, 6.07) is 2.40. The highest BCUT2D eigenvalue weighted by molar-refractivity contribution is 5.36.